The third-order valence-corrected chi connectivity index (χ3v) is 2.11. The van der Waals surface area contributed by atoms with Crippen molar-refractivity contribution in [2.75, 3.05) is 6.54 Å². The molecule has 0 aliphatic carbocycles. The molecule has 0 saturated carbocycles. The SMILES string of the molecule is C#CCN(I)C(=O)Oc1ccccc1. The van der Waals surface area contributed by atoms with Crippen LogP contribution in [0.2, 0.25) is 0 Å². The normalized spacial score (nSPS) is 8.86. The number of hydrogen-bond donors (Lipinski definition) is 0. The van der Waals surface area contributed by atoms with Gasteiger partial charge < -0.3 is 4.74 Å². The van der Waals surface area contributed by atoms with Gasteiger partial charge in [-0.05, 0) is 12.1 Å². The molecule has 0 saturated heterocycles. The minimum atomic E-state index is -0.463. The summed E-state index contributed by atoms with van der Waals surface area (Å²) in [6, 6.07) is 8.85. The third kappa shape index (κ3) is 3.26. The first kappa shape index (κ1) is 10.9. The lowest BCUT2D eigenvalue weighted by Crippen LogP contribution is -2.24. The zero-order valence-electron chi connectivity index (χ0n) is 7.31. The van der Waals surface area contributed by atoms with E-state index in [1.54, 1.807) is 24.3 Å². The van der Waals surface area contributed by atoms with Gasteiger partial charge >= 0.3 is 6.09 Å². The van der Waals surface area contributed by atoms with Gasteiger partial charge in [-0.3, -0.25) is 0 Å². The van der Waals surface area contributed by atoms with Crippen molar-refractivity contribution in [3.63, 3.8) is 0 Å². The standard InChI is InChI=1S/C10H8INO2/c1-2-8-12(11)10(13)14-9-6-4-3-5-7-9/h1,3-7H,8H2. The maximum Gasteiger partial charge on any atom is 0.425 e. The van der Waals surface area contributed by atoms with Gasteiger partial charge in [0.05, 0.1) is 29.4 Å². The highest BCUT2D eigenvalue weighted by Gasteiger charge is 2.10. The summed E-state index contributed by atoms with van der Waals surface area (Å²) in [4.78, 5) is 11.3. The number of rotatable bonds is 2. The van der Waals surface area contributed by atoms with Gasteiger partial charge in [0, 0.05) is 0 Å². The van der Waals surface area contributed by atoms with Crippen LogP contribution in [-0.4, -0.2) is 15.8 Å². The highest BCUT2D eigenvalue weighted by Crippen LogP contribution is 2.11. The van der Waals surface area contributed by atoms with Gasteiger partial charge in [0.25, 0.3) is 0 Å². The number of benzene rings is 1. The molecule has 0 radical (unpaired) electrons. The van der Waals surface area contributed by atoms with Crippen molar-refractivity contribution in [1.29, 1.82) is 0 Å². The van der Waals surface area contributed by atoms with E-state index >= 15 is 0 Å². The lowest BCUT2D eigenvalue weighted by atomic mass is 10.3. The molecule has 0 heterocycles. The minimum Gasteiger partial charge on any atom is -0.410 e. The van der Waals surface area contributed by atoms with E-state index in [0.29, 0.717) is 5.75 Å². The van der Waals surface area contributed by atoms with Crippen molar-refractivity contribution in [3.05, 3.63) is 30.3 Å². The molecule has 0 aromatic heterocycles. The molecule has 0 N–H and O–H groups in total. The summed E-state index contributed by atoms with van der Waals surface area (Å²) in [6.07, 6.45) is 4.59. The lowest BCUT2D eigenvalue weighted by Gasteiger charge is -2.10. The number of nitrogens with zero attached hydrogens (tertiary/aromatic N) is 1. The van der Waals surface area contributed by atoms with E-state index < -0.39 is 6.09 Å². The molecule has 1 aromatic rings. The third-order valence-electron chi connectivity index (χ3n) is 1.38. The quantitative estimate of drug-likeness (QED) is 0.477. The second kappa shape index (κ2) is 5.50. The molecule has 0 aliphatic heterocycles. The lowest BCUT2D eigenvalue weighted by molar-refractivity contribution is 0.188. The number of hydrogen-bond acceptors (Lipinski definition) is 2. The number of halogens is 1. The van der Waals surface area contributed by atoms with Crippen molar-refractivity contribution < 1.29 is 9.53 Å². The first-order chi connectivity index (χ1) is 6.74. The van der Waals surface area contributed by atoms with Crippen LogP contribution in [0.1, 0.15) is 0 Å². The Bertz CT molecular complexity index is 345. The van der Waals surface area contributed by atoms with Gasteiger partial charge in [0.1, 0.15) is 5.75 Å². The van der Waals surface area contributed by atoms with Crippen LogP contribution in [0.3, 0.4) is 0 Å². The molecule has 0 spiro atoms. The molecule has 0 aliphatic rings. The Kier molecular flexibility index (Phi) is 4.26. The van der Waals surface area contributed by atoms with Crippen LogP contribution in [0.15, 0.2) is 30.3 Å². The van der Waals surface area contributed by atoms with E-state index in [0.717, 1.165) is 0 Å². The van der Waals surface area contributed by atoms with Crippen molar-refractivity contribution in [2.24, 2.45) is 0 Å². The second-order valence-corrected chi connectivity index (χ2v) is 3.57. The zero-order valence-corrected chi connectivity index (χ0v) is 9.47. The molecule has 1 rings (SSSR count). The summed E-state index contributed by atoms with van der Waals surface area (Å²) in [5.74, 6) is 2.86. The summed E-state index contributed by atoms with van der Waals surface area (Å²) in [7, 11) is 0. The predicted molar refractivity (Wildman–Crippen MR) is 62.0 cm³/mol. The average Bonchev–Trinajstić information content (AvgIpc) is 2.19. The van der Waals surface area contributed by atoms with Crippen LogP contribution in [0.25, 0.3) is 0 Å². The molecular formula is C10H8INO2. The van der Waals surface area contributed by atoms with E-state index in [2.05, 4.69) is 5.92 Å². The first-order valence-corrected chi connectivity index (χ1v) is 4.84. The van der Waals surface area contributed by atoms with Gasteiger partial charge in [0.2, 0.25) is 0 Å². The Balaban J connectivity index is 2.54. The summed E-state index contributed by atoms with van der Waals surface area (Å²) in [5, 5.41) is 0. The number of para-hydroxylation sites is 1. The Morgan fingerprint density at radius 2 is 2.14 bits per heavy atom. The fourth-order valence-corrected chi connectivity index (χ4v) is 1.08. The number of carbonyl (C=O) groups is 1. The average molecular weight is 301 g/mol. The number of carbonyl (C=O) groups excluding carboxylic acids is 1. The summed E-state index contributed by atoms with van der Waals surface area (Å²) < 4.78 is 6.31. The zero-order chi connectivity index (χ0) is 10.4. The molecule has 0 bridgehead atoms. The van der Waals surface area contributed by atoms with Crippen LogP contribution < -0.4 is 4.74 Å². The van der Waals surface area contributed by atoms with Gasteiger partial charge in [0.15, 0.2) is 0 Å². The van der Waals surface area contributed by atoms with Crippen LogP contribution in [0.4, 0.5) is 4.79 Å². The van der Waals surface area contributed by atoms with Crippen molar-refractivity contribution in [3.8, 4) is 18.1 Å². The van der Waals surface area contributed by atoms with Crippen LogP contribution in [-0.2, 0) is 0 Å². The first-order valence-electron chi connectivity index (χ1n) is 3.87. The number of amides is 1. The fourth-order valence-electron chi connectivity index (χ4n) is 0.784. The molecule has 0 atom stereocenters. The highest BCUT2D eigenvalue weighted by molar-refractivity contribution is 14.1. The maximum atomic E-state index is 11.3. The van der Waals surface area contributed by atoms with E-state index in [9.17, 15) is 4.79 Å². The Hall–Kier alpha value is -1.22. The molecule has 3 nitrogen and oxygen atoms in total. The molecule has 72 valence electrons. The summed E-state index contributed by atoms with van der Waals surface area (Å²) >= 11 is 1.81. The monoisotopic (exact) mass is 301 g/mol. The number of terminal acetylenes is 1. The molecular weight excluding hydrogens is 293 g/mol. The van der Waals surface area contributed by atoms with E-state index in [4.69, 9.17) is 11.2 Å². The second-order valence-electron chi connectivity index (χ2n) is 2.41. The molecule has 0 unspecified atom stereocenters. The number of ether oxygens (including phenoxy) is 1. The predicted octanol–water partition coefficient (Wildman–Crippen LogP) is 2.47. The van der Waals surface area contributed by atoms with Crippen LogP contribution in [0.5, 0.6) is 5.75 Å². The molecule has 1 aromatic carbocycles. The molecule has 1 amide bonds. The van der Waals surface area contributed by atoms with Gasteiger partial charge in [-0.25, -0.2) is 7.91 Å². The topological polar surface area (TPSA) is 29.5 Å². The summed E-state index contributed by atoms with van der Waals surface area (Å²) in [5.41, 5.74) is 0. The van der Waals surface area contributed by atoms with Crippen LogP contribution in [0, 0.1) is 12.3 Å². The van der Waals surface area contributed by atoms with Gasteiger partial charge in [-0.2, -0.15) is 0 Å². The van der Waals surface area contributed by atoms with E-state index in [1.165, 1.54) is 3.11 Å². The Morgan fingerprint density at radius 1 is 1.50 bits per heavy atom. The molecule has 0 fully saturated rings. The smallest absolute Gasteiger partial charge is 0.410 e. The Labute approximate surface area is 96.5 Å². The maximum absolute atomic E-state index is 11.3. The van der Waals surface area contributed by atoms with E-state index in [-0.39, 0.29) is 6.54 Å². The van der Waals surface area contributed by atoms with E-state index in [1.807, 2.05) is 28.9 Å². The summed E-state index contributed by atoms with van der Waals surface area (Å²) in [6.45, 7) is 0.228. The van der Waals surface area contributed by atoms with Crippen LogP contribution >= 0.6 is 22.9 Å². The highest BCUT2D eigenvalue weighted by atomic mass is 127. The van der Waals surface area contributed by atoms with Crippen molar-refractivity contribution in [1.82, 2.24) is 3.11 Å². The molecule has 4 heteroatoms. The van der Waals surface area contributed by atoms with Gasteiger partial charge in [-0.1, -0.05) is 24.1 Å². The van der Waals surface area contributed by atoms with Crippen molar-refractivity contribution >= 4 is 29.0 Å². The Morgan fingerprint density at radius 3 is 2.71 bits per heavy atom. The minimum absolute atomic E-state index is 0.228. The fraction of sp³-hybridized carbons (Fsp3) is 0.100. The largest absolute Gasteiger partial charge is 0.425 e. The van der Waals surface area contributed by atoms with Crippen molar-refractivity contribution in [2.45, 2.75) is 0 Å². The molecule has 14 heavy (non-hydrogen) atoms. The van der Waals surface area contributed by atoms with Gasteiger partial charge in [-0.15, -0.1) is 6.42 Å².